The summed E-state index contributed by atoms with van der Waals surface area (Å²) < 4.78 is 11.2. The molecule has 0 aromatic carbocycles. The predicted molar refractivity (Wildman–Crippen MR) is 87.8 cm³/mol. The second-order valence-electron chi connectivity index (χ2n) is 6.94. The van der Waals surface area contributed by atoms with Gasteiger partial charge in [0.05, 0.1) is 17.9 Å². The van der Waals surface area contributed by atoms with Crippen LogP contribution in [0, 0.1) is 11.3 Å². The van der Waals surface area contributed by atoms with Crippen LogP contribution in [0.15, 0.2) is 6.20 Å². The van der Waals surface area contributed by atoms with Gasteiger partial charge in [0.1, 0.15) is 23.8 Å². The number of hydrogen-bond acceptors (Lipinski definition) is 7. The van der Waals surface area contributed by atoms with Crippen molar-refractivity contribution in [3.05, 3.63) is 11.8 Å². The Morgan fingerprint density at radius 2 is 2.25 bits per heavy atom. The summed E-state index contributed by atoms with van der Waals surface area (Å²) in [5.74, 6) is 1.04. The maximum atomic E-state index is 12.2. The van der Waals surface area contributed by atoms with Gasteiger partial charge in [-0.25, -0.2) is 9.78 Å². The molecule has 128 valence electrons. The first kappa shape index (κ1) is 16.2. The van der Waals surface area contributed by atoms with E-state index in [0.29, 0.717) is 49.1 Å². The molecular formula is C16H21N5O3. The van der Waals surface area contributed by atoms with E-state index in [-0.39, 0.29) is 12.1 Å². The Bertz CT molecular complexity index is 707. The van der Waals surface area contributed by atoms with E-state index in [0.717, 1.165) is 0 Å². The summed E-state index contributed by atoms with van der Waals surface area (Å²) in [4.78, 5) is 20.3. The monoisotopic (exact) mass is 331 g/mol. The van der Waals surface area contributed by atoms with Crippen molar-refractivity contribution in [3.63, 3.8) is 0 Å². The van der Waals surface area contributed by atoms with Crippen LogP contribution < -0.4 is 15.4 Å². The number of carbonyl (C=O) groups is 1. The molecule has 3 rings (SSSR count). The lowest BCUT2D eigenvalue weighted by Gasteiger charge is -2.44. The largest absolute Gasteiger partial charge is 0.486 e. The minimum absolute atomic E-state index is 0.0264. The van der Waals surface area contributed by atoms with Gasteiger partial charge in [-0.05, 0) is 20.8 Å². The number of rotatable bonds is 0. The number of hydrogen-bond donors (Lipinski definition) is 1. The first-order valence-corrected chi connectivity index (χ1v) is 7.86. The Hall–Kier alpha value is -2.69. The third-order valence-corrected chi connectivity index (χ3v) is 3.98. The molecule has 0 bridgehead atoms. The van der Waals surface area contributed by atoms with Crippen LogP contribution in [0.1, 0.15) is 26.3 Å². The molecule has 0 unspecified atom stereocenters. The Morgan fingerprint density at radius 3 is 2.92 bits per heavy atom. The van der Waals surface area contributed by atoms with Gasteiger partial charge in [0.15, 0.2) is 11.6 Å². The van der Waals surface area contributed by atoms with E-state index < -0.39 is 5.60 Å². The second kappa shape index (κ2) is 5.74. The van der Waals surface area contributed by atoms with Gasteiger partial charge in [-0.2, -0.15) is 5.26 Å². The van der Waals surface area contributed by atoms with Gasteiger partial charge in [-0.15, -0.1) is 0 Å². The van der Waals surface area contributed by atoms with Crippen molar-refractivity contribution in [3.8, 4) is 11.8 Å². The number of ether oxygens (including phenoxy) is 2. The lowest BCUT2D eigenvalue weighted by Crippen LogP contribution is -2.59. The fourth-order valence-corrected chi connectivity index (χ4v) is 2.90. The number of nitrogens with zero attached hydrogens (tertiary/aromatic N) is 4. The molecule has 24 heavy (non-hydrogen) atoms. The van der Waals surface area contributed by atoms with Crippen LogP contribution >= 0.6 is 0 Å². The third kappa shape index (κ3) is 2.89. The Morgan fingerprint density at radius 1 is 1.50 bits per heavy atom. The van der Waals surface area contributed by atoms with Gasteiger partial charge in [0.2, 0.25) is 0 Å². The molecule has 0 radical (unpaired) electrons. The summed E-state index contributed by atoms with van der Waals surface area (Å²) in [7, 11) is 0. The van der Waals surface area contributed by atoms with E-state index in [2.05, 4.69) is 16.0 Å². The summed E-state index contributed by atoms with van der Waals surface area (Å²) in [6.45, 7) is 7.52. The number of fused-ring (bicyclic) bond motifs is 3. The van der Waals surface area contributed by atoms with Crippen molar-refractivity contribution in [2.45, 2.75) is 32.4 Å². The fourth-order valence-electron chi connectivity index (χ4n) is 2.90. The van der Waals surface area contributed by atoms with Crippen LogP contribution in [-0.4, -0.2) is 53.9 Å². The summed E-state index contributed by atoms with van der Waals surface area (Å²) in [6.07, 6.45) is 1.15. The highest BCUT2D eigenvalue weighted by Gasteiger charge is 2.38. The van der Waals surface area contributed by atoms with Crippen LogP contribution in [0.2, 0.25) is 0 Å². The highest BCUT2D eigenvalue weighted by Crippen LogP contribution is 2.38. The van der Waals surface area contributed by atoms with Gasteiger partial charge < -0.3 is 25.0 Å². The summed E-state index contributed by atoms with van der Waals surface area (Å²) >= 11 is 0. The summed E-state index contributed by atoms with van der Waals surface area (Å²) in [6, 6.07) is 2.04. The molecule has 2 aliphatic rings. The molecule has 8 heteroatoms. The molecule has 0 saturated carbocycles. The second-order valence-corrected chi connectivity index (χ2v) is 6.94. The molecule has 1 amide bonds. The Kier molecular flexibility index (Phi) is 3.87. The van der Waals surface area contributed by atoms with Crippen LogP contribution in [0.3, 0.4) is 0 Å². The van der Waals surface area contributed by atoms with E-state index in [1.807, 2.05) is 20.8 Å². The number of amides is 1. The maximum Gasteiger partial charge on any atom is 0.410 e. The lowest BCUT2D eigenvalue weighted by atomic mass is 10.1. The van der Waals surface area contributed by atoms with Crippen molar-refractivity contribution in [2.24, 2.45) is 0 Å². The van der Waals surface area contributed by atoms with Crippen LogP contribution in [0.4, 0.5) is 16.3 Å². The quantitative estimate of drug-likeness (QED) is 0.765. The van der Waals surface area contributed by atoms with E-state index in [9.17, 15) is 10.1 Å². The average Bonchev–Trinajstić information content (AvgIpc) is 2.52. The van der Waals surface area contributed by atoms with Crippen molar-refractivity contribution in [2.75, 3.05) is 36.9 Å². The molecule has 1 aromatic rings. The number of piperazine rings is 1. The van der Waals surface area contributed by atoms with Crippen LogP contribution in [0.5, 0.6) is 5.75 Å². The van der Waals surface area contributed by atoms with Crippen molar-refractivity contribution in [1.29, 1.82) is 5.26 Å². The molecule has 1 saturated heterocycles. The lowest BCUT2D eigenvalue weighted by molar-refractivity contribution is 0.0194. The van der Waals surface area contributed by atoms with Gasteiger partial charge in [-0.1, -0.05) is 0 Å². The van der Waals surface area contributed by atoms with E-state index >= 15 is 0 Å². The molecule has 8 nitrogen and oxygen atoms in total. The molecule has 1 atom stereocenters. The molecular weight excluding hydrogens is 310 g/mol. The van der Waals surface area contributed by atoms with Gasteiger partial charge >= 0.3 is 6.09 Å². The number of carbonyl (C=O) groups excluding carboxylic acids is 1. The minimum atomic E-state index is -0.523. The number of pyridine rings is 1. The number of nitrogens with two attached hydrogens (primary N) is 1. The normalized spacial score (nSPS) is 19.7. The summed E-state index contributed by atoms with van der Waals surface area (Å²) in [5, 5.41) is 9.27. The zero-order valence-electron chi connectivity index (χ0n) is 14.1. The Balaban J connectivity index is 1.79. The number of nitrogen functional groups attached to an aromatic ring is 1. The zero-order chi connectivity index (χ0) is 17.5. The standard InChI is InChI=1S/C16H21N5O3/c1-16(2,3)24-15(22)20-4-5-21-10(8-20)9-23-13-11(6-17)12(18)7-19-14(13)21/h7,10H,4-5,8-9,18H2,1-3H3/t10-/m0/s1. The first-order valence-electron chi connectivity index (χ1n) is 7.86. The third-order valence-electron chi connectivity index (χ3n) is 3.98. The smallest absolute Gasteiger partial charge is 0.410 e. The number of anilines is 2. The highest BCUT2D eigenvalue weighted by molar-refractivity contribution is 5.72. The zero-order valence-corrected chi connectivity index (χ0v) is 14.1. The molecule has 0 aliphatic carbocycles. The van der Waals surface area contributed by atoms with Gasteiger partial charge in [-0.3, -0.25) is 0 Å². The van der Waals surface area contributed by atoms with Crippen molar-refractivity contribution >= 4 is 17.6 Å². The predicted octanol–water partition coefficient (Wildman–Crippen LogP) is 1.35. The molecule has 1 fully saturated rings. The van der Waals surface area contributed by atoms with E-state index in [1.165, 1.54) is 6.20 Å². The van der Waals surface area contributed by atoms with Crippen LogP contribution in [0.25, 0.3) is 0 Å². The van der Waals surface area contributed by atoms with Gasteiger partial charge in [0.25, 0.3) is 0 Å². The van der Waals surface area contributed by atoms with Crippen molar-refractivity contribution < 1.29 is 14.3 Å². The van der Waals surface area contributed by atoms with E-state index in [1.54, 1.807) is 4.90 Å². The number of aromatic nitrogens is 1. The van der Waals surface area contributed by atoms with E-state index in [4.69, 9.17) is 15.2 Å². The topological polar surface area (TPSA) is 105 Å². The molecule has 3 heterocycles. The minimum Gasteiger partial charge on any atom is -0.486 e. The van der Waals surface area contributed by atoms with Gasteiger partial charge in [0, 0.05) is 19.6 Å². The SMILES string of the molecule is CC(C)(C)OC(=O)N1CCN2c3ncc(N)c(C#N)c3OC[C@@H]2C1. The van der Waals surface area contributed by atoms with Crippen molar-refractivity contribution in [1.82, 2.24) is 9.88 Å². The summed E-state index contributed by atoms with van der Waals surface area (Å²) in [5.41, 5.74) is 5.89. The van der Waals surface area contributed by atoms with Crippen LogP contribution in [-0.2, 0) is 4.74 Å². The molecule has 2 aliphatic heterocycles. The molecule has 1 aromatic heterocycles. The average molecular weight is 331 g/mol. The highest BCUT2D eigenvalue weighted by atomic mass is 16.6. The number of nitriles is 1. The molecule has 2 N–H and O–H groups in total. The maximum absolute atomic E-state index is 12.2. The molecule has 0 spiro atoms. The fraction of sp³-hybridized carbons (Fsp3) is 0.562. The first-order chi connectivity index (χ1) is 11.3. The Labute approximate surface area is 140 Å².